The fraction of sp³-hybridized carbons (Fsp3) is 0.600. The SMILES string of the molecule is CN1CCCNC(=O)C12CCN(CCCOc1ccc(C(N)=O)cc1)CC2. The summed E-state index contributed by atoms with van der Waals surface area (Å²) in [6.45, 7) is 5.21. The van der Waals surface area contributed by atoms with Gasteiger partial charge in [0.05, 0.1) is 6.61 Å². The van der Waals surface area contributed by atoms with E-state index in [2.05, 4.69) is 22.2 Å². The van der Waals surface area contributed by atoms with Crippen molar-refractivity contribution in [1.29, 1.82) is 0 Å². The van der Waals surface area contributed by atoms with Crippen LogP contribution in [0.15, 0.2) is 24.3 Å². The summed E-state index contributed by atoms with van der Waals surface area (Å²) in [5.74, 6) is 0.511. The van der Waals surface area contributed by atoms with Gasteiger partial charge in [-0.15, -0.1) is 0 Å². The van der Waals surface area contributed by atoms with Crippen LogP contribution in [-0.4, -0.2) is 73.5 Å². The lowest BCUT2D eigenvalue weighted by Crippen LogP contribution is -2.60. The van der Waals surface area contributed by atoms with Gasteiger partial charge in [-0.25, -0.2) is 0 Å². The minimum Gasteiger partial charge on any atom is -0.494 e. The maximum atomic E-state index is 12.6. The van der Waals surface area contributed by atoms with E-state index < -0.39 is 5.91 Å². The number of hydrogen-bond donors (Lipinski definition) is 2. The van der Waals surface area contributed by atoms with E-state index in [4.69, 9.17) is 10.5 Å². The Morgan fingerprint density at radius 2 is 1.93 bits per heavy atom. The first-order valence-corrected chi connectivity index (χ1v) is 9.76. The van der Waals surface area contributed by atoms with Crippen LogP contribution in [0.2, 0.25) is 0 Å². The maximum Gasteiger partial charge on any atom is 0.248 e. The van der Waals surface area contributed by atoms with E-state index in [0.717, 1.165) is 64.2 Å². The minimum absolute atomic E-state index is 0.199. The van der Waals surface area contributed by atoms with Gasteiger partial charge in [-0.1, -0.05) is 0 Å². The highest BCUT2D eigenvalue weighted by atomic mass is 16.5. The number of nitrogens with two attached hydrogens (primary N) is 1. The molecule has 2 fully saturated rings. The Morgan fingerprint density at radius 3 is 2.59 bits per heavy atom. The molecule has 0 saturated carbocycles. The van der Waals surface area contributed by atoms with Gasteiger partial charge < -0.3 is 20.7 Å². The highest BCUT2D eigenvalue weighted by Gasteiger charge is 2.45. The number of piperidine rings is 1. The first kappa shape index (κ1) is 19.6. The van der Waals surface area contributed by atoms with Gasteiger partial charge in [0, 0.05) is 38.3 Å². The summed E-state index contributed by atoms with van der Waals surface area (Å²) in [6, 6.07) is 6.89. The Labute approximate surface area is 160 Å². The average Bonchev–Trinajstić information content (AvgIpc) is 2.81. The smallest absolute Gasteiger partial charge is 0.248 e. The van der Waals surface area contributed by atoms with Crippen molar-refractivity contribution in [1.82, 2.24) is 15.1 Å². The molecule has 0 unspecified atom stereocenters. The molecule has 2 heterocycles. The first-order valence-electron chi connectivity index (χ1n) is 9.76. The zero-order chi connectivity index (χ0) is 19.3. The normalized spacial score (nSPS) is 20.9. The van der Waals surface area contributed by atoms with Crippen molar-refractivity contribution in [2.45, 2.75) is 31.2 Å². The molecule has 7 nitrogen and oxygen atoms in total. The monoisotopic (exact) mass is 374 g/mol. The van der Waals surface area contributed by atoms with E-state index in [1.165, 1.54) is 0 Å². The van der Waals surface area contributed by atoms with Crippen LogP contribution in [0.25, 0.3) is 0 Å². The van der Waals surface area contributed by atoms with Crippen LogP contribution in [0.5, 0.6) is 5.75 Å². The van der Waals surface area contributed by atoms with Crippen LogP contribution in [0, 0.1) is 0 Å². The number of carbonyl (C=O) groups excluding carboxylic acids is 2. The second-order valence-corrected chi connectivity index (χ2v) is 7.49. The number of nitrogens with one attached hydrogen (secondary N) is 1. The zero-order valence-corrected chi connectivity index (χ0v) is 16.1. The third kappa shape index (κ3) is 4.59. The highest BCUT2D eigenvalue weighted by Crippen LogP contribution is 2.30. The molecule has 27 heavy (non-hydrogen) atoms. The number of likely N-dealkylation sites (tertiary alicyclic amines) is 1. The van der Waals surface area contributed by atoms with Crippen molar-refractivity contribution < 1.29 is 14.3 Å². The number of carbonyl (C=O) groups is 2. The van der Waals surface area contributed by atoms with Gasteiger partial charge in [0.2, 0.25) is 11.8 Å². The molecule has 3 N–H and O–H groups in total. The molecule has 148 valence electrons. The van der Waals surface area contributed by atoms with Crippen molar-refractivity contribution in [3.63, 3.8) is 0 Å². The van der Waals surface area contributed by atoms with E-state index in [1.807, 2.05) is 0 Å². The summed E-state index contributed by atoms with van der Waals surface area (Å²) >= 11 is 0. The molecular formula is C20H30N4O3. The van der Waals surface area contributed by atoms with Crippen molar-refractivity contribution in [3.8, 4) is 5.75 Å². The Bertz CT molecular complexity index is 654. The molecule has 7 heteroatoms. The Kier molecular flexibility index (Phi) is 6.34. The van der Waals surface area contributed by atoms with Gasteiger partial charge in [-0.05, 0) is 57.0 Å². The second-order valence-electron chi connectivity index (χ2n) is 7.49. The maximum absolute atomic E-state index is 12.6. The molecular weight excluding hydrogens is 344 g/mol. The van der Waals surface area contributed by atoms with Gasteiger partial charge in [0.15, 0.2) is 0 Å². The topological polar surface area (TPSA) is 87.9 Å². The first-order chi connectivity index (χ1) is 13.0. The molecule has 0 radical (unpaired) electrons. The molecule has 0 atom stereocenters. The molecule has 2 aliphatic heterocycles. The number of amides is 2. The fourth-order valence-corrected chi connectivity index (χ4v) is 4.02. The van der Waals surface area contributed by atoms with Crippen LogP contribution in [-0.2, 0) is 4.79 Å². The number of primary amides is 1. The minimum atomic E-state index is -0.433. The molecule has 3 rings (SSSR count). The molecule has 1 spiro atoms. The number of rotatable bonds is 6. The zero-order valence-electron chi connectivity index (χ0n) is 16.1. The summed E-state index contributed by atoms with van der Waals surface area (Å²) in [5.41, 5.74) is 5.39. The Hall–Kier alpha value is -2.12. The molecule has 1 aromatic rings. The molecule has 2 amide bonds. The van der Waals surface area contributed by atoms with Crippen LogP contribution in [0.4, 0.5) is 0 Å². The highest BCUT2D eigenvalue weighted by molar-refractivity contribution is 5.92. The predicted octanol–water partition coefficient (Wildman–Crippen LogP) is 0.841. The van der Waals surface area contributed by atoms with Crippen LogP contribution in [0.3, 0.4) is 0 Å². The lowest BCUT2D eigenvalue weighted by Gasteiger charge is -2.45. The van der Waals surface area contributed by atoms with E-state index in [-0.39, 0.29) is 11.4 Å². The number of hydrogen-bond acceptors (Lipinski definition) is 5. The lowest BCUT2D eigenvalue weighted by atomic mass is 9.85. The largest absolute Gasteiger partial charge is 0.494 e. The van der Waals surface area contributed by atoms with E-state index in [1.54, 1.807) is 24.3 Å². The third-order valence-electron chi connectivity index (χ3n) is 5.82. The summed E-state index contributed by atoms with van der Waals surface area (Å²) in [7, 11) is 2.08. The number of ether oxygens (including phenoxy) is 1. The van der Waals surface area contributed by atoms with Crippen molar-refractivity contribution in [2.24, 2.45) is 5.73 Å². The van der Waals surface area contributed by atoms with Gasteiger partial charge in [-0.3, -0.25) is 14.5 Å². The fourth-order valence-electron chi connectivity index (χ4n) is 4.02. The summed E-state index contributed by atoms with van der Waals surface area (Å²) in [5, 5.41) is 3.08. The second kappa shape index (κ2) is 8.71. The summed E-state index contributed by atoms with van der Waals surface area (Å²) < 4.78 is 5.74. The summed E-state index contributed by atoms with van der Waals surface area (Å²) in [4.78, 5) is 28.3. The molecule has 2 aliphatic rings. The Morgan fingerprint density at radius 1 is 1.22 bits per heavy atom. The van der Waals surface area contributed by atoms with E-state index in [0.29, 0.717) is 12.2 Å². The van der Waals surface area contributed by atoms with Gasteiger partial charge in [-0.2, -0.15) is 0 Å². The van der Waals surface area contributed by atoms with Gasteiger partial charge in [0.1, 0.15) is 11.3 Å². The predicted molar refractivity (Wildman–Crippen MR) is 104 cm³/mol. The van der Waals surface area contributed by atoms with Crippen LogP contribution in [0.1, 0.15) is 36.0 Å². The van der Waals surface area contributed by atoms with Gasteiger partial charge >= 0.3 is 0 Å². The summed E-state index contributed by atoms with van der Waals surface area (Å²) in [6.07, 6.45) is 3.70. The number of likely N-dealkylation sites (N-methyl/N-ethyl adjacent to an activating group) is 1. The quantitative estimate of drug-likeness (QED) is 0.721. The standard InChI is InChI=1S/C20H30N4O3/c1-23-11-2-10-22-19(26)20(23)8-13-24(14-9-20)12-3-15-27-17-6-4-16(5-7-17)18(21)25/h4-7H,2-3,8-15H2,1H3,(H2,21,25)(H,22,26). The van der Waals surface area contributed by atoms with Crippen molar-refractivity contribution >= 4 is 11.8 Å². The average molecular weight is 374 g/mol. The van der Waals surface area contributed by atoms with Crippen molar-refractivity contribution in [3.05, 3.63) is 29.8 Å². The third-order valence-corrected chi connectivity index (χ3v) is 5.82. The molecule has 1 aromatic carbocycles. The molecule has 2 saturated heterocycles. The van der Waals surface area contributed by atoms with Crippen LogP contribution >= 0.6 is 0 Å². The van der Waals surface area contributed by atoms with Gasteiger partial charge in [0.25, 0.3) is 0 Å². The molecule has 0 bridgehead atoms. The number of benzene rings is 1. The lowest BCUT2D eigenvalue weighted by molar-refractivity contribution is -0.134. The number of nitrogens with zero attached hydrogens (tertiary/aromatic N) is 2. The molecule has 0 aromatic heterocycles. The van der Waals surface area contributed by atoms with E-state index >= 15 is 0 Å². The Balaban J connectivity index is 1.40. The van der Waals surface area contributed by atoms with Crippen molar-refractivity contribution in [2.75, 3.05) is 46.4 Å². The van der Waals surface area contributed by atoms with Crippen LogP contribution < -0.4 is 15.8 Å². The van der Waals surface area contributed by atoms with E-state index in [9.17, 15) is 9.59 Å². The molecule has 0 aliphatic carbocycles.